The Morgan fingerprint density at radius 2 is 2.08 bits per heavy atom. The minimum absolute atomic E-state index is 0.193. The Labute approximate surface area is 82.5 Å². The molecule has 0 spiro atoms. The van der Waals surface area contributed by atoms with E-state index in [2.05, 4.69) is 15.9 Å². The van der Waals surface area contributed by atoms with Gasteiger partial charge in [0.05, 0.1) is 15.2 Å². The van der Waals surface area contributed by atoms with Gasteiger partial charge >= 0.3 is 0 Å². The Morgan fingerprint density at radius 3 is 2.83 bits per heavy atom. The minimum atomic E-state index is 0.193. The molecule has 0 saturated heterocycles. The summed E-state index contributed by atoms with van der Waals surface area (Å²) in [7, 11) is 0. The molecule has 1 aliphatic heterocycles. The van der Waals surface area contributed by atoms with Crippen molar-refractivity contribution in [3.63, 3.8) is 0 Å². The lowest BCUT2D eigenvalue weighted by molar-refractivity contribution is 0.174. The maximum Gasteiger partial charge on any atom is 0.231 e. The molecule has 1 aliphatic rings. The van der Waals surface area contributed by atoms with Crippen LogP contribution in [0.2, 0.25) is 5.02 Å². The molecule has 2 rings (SSSR count). The molecule has 5 heteroatoms. The monoisotopic (exact) mass is 249 g/mol. The van der Waals surface area contributed by atoms with E-state index in [0.717, 1.165) is 4.47 Å². The molecule has 1 aromatic rings. The molecule has 0 atom stereocenters. The van der Waals surface area contributed by atoms with Crippen LogP contribution in [0.15, 0.2) is 10.5 Å². The number of benzene rings is 1. The SMILES string of the molecule is Nc1c(Cl)cc(Br)c2c1OCO2. The fraction of sp³-hybridized carbons (Fsp3) is 0.143. The third kappa shape index (κ3) is 1.03. The molecule has 0 saturated carbocycles. The van der Waals surface area contributed by atoms with Crippen LogP contribution in [0.1, 0.15) is 0 Å². The first-order chi connectivity index (χ1) is 5.70. The number of fused-ring (bicyclic) bond motifs is 1. The average Bonchev–Trinajstić information content (AvgIpc) is 2.48. The second-order valence-corrected chi connectivity index (χ2v) is 3.58. The molecule has 0 amide bonds. The Morgan fingerprint density at radius 1 is 1.42 bits per heavy atom. The Balaban J connectivity index is 2.69. The summed E-state index contributed by atoms with van der Waals surface area (Å²) in [5.41, 5.74) is 6.07. The standard InChI is InChI=1S/C7H5BrClNO2/c8-3-1-4(9)5(10)7-6(3)11-2-12-7/h1H,2,10H2. The van der Waals surface area contributed by atoms with Crippen LogP contribution in [-0.2, 0) is 0 Å². The number of nitrogens with two attached hydrogens (primary N) is 1. The minimum Gasteiger partial charge on any atom is -0.452 e. The average molecular weight is 250 g/mol. The second kappa shape index (κ2) is 2.71. The molecule has 3 nitrogen and oxygen atoms in total. The molecule has 0 aromatic heterocycles. The zero-order valence-corrected chi connectivity index (χ0v) is 8.28. The van der Waals surface area contributed by atoms with Crippen molar-refractivity contribution in [3.8, 4) is 11.5 Å². The molecule has 0 aliphatic carbocycles. The van der Waals surface area contributed by atoms with Crippen molar-refractivity contribution >= 4 is 33.2 Å². The van der Waals surface area contributed by atoms with Gasteiger partial charge in [-0.2, -0.15) is 0 Å². The van der Waals surface area contributed by atoms with Gasteiger partial charge in [-0.25, -0.2) is 0 Å². The highest BCUT2D eigenvalue weighted by atomic mass is 79.9. The predicted molar refractivity (Wildman–Crippen MR) is 49.7 cm³/mol. The quantitative estimate of drug-likeness (QED) is 0.719. The summed E-state index contributed by atoms with van der Waals surface area (Å²) < 4.78 is 11.0. The zero-order chi connectivity index (χ0) is 8.72. The molecule has 2 N–H and O–H groups in total. The zero-order valence-electron chi connectivity index (χ0n) is 5.93. The number of halogens is 2. The van der Waals surface area contributed by atoms with E-state index in [1.54, 1.807) is 6.07 Å². The first kappa shape index (κ1) is 8.01. The number of nitrogen functional groups attached to an aromatic ring is 1. The van der Waals surface area contributed by atoms with Crippen LogP contribution in [0.4, 0.5) is 5.69 Å². The first-order valence-electron chi connectivity index (χ1n) is 3.23. The highest BCUT2D eigenvalue weighted by Gasteiger charge is 2.21. The van der Waals surface area contributed by atoms with E-state index in [9.17, 15) is 0 Å². The molecule has 0 radical (unpaired) electrons. The van der Waals surface area contributed by atoms with Crippen molar-refractivity contribution in [1.82, 2.24) is 0 Å². The topological polar surface area (TPSA) is 44.5 Å². The van der Waals surface area contributed by atoms with Gasteiger partial charge < -0.3 is 15.2 Å². The summed E-state index contributed by atoms with van der Waals surface area (Å²) in [6.45, 7) is 0.193. The first-order valence-corrected chi connectivity index (χ1v) is 4.40. The number of ether oxygens (including phenoxy) is 2. The molecule has 64 valence electrons. The van der Waals surface area contributed by atoms with Gasteiger partial charge in [0, 0.05) is 0 Å². The number of anilines is 1. The summed E-state index contributed by atoms with van der Waals surface area (Å²) >= 11 is 9.09. The molecular formula is C7H5BrClNO2. The largest absolute Gasteiger partial charge is 0.452 e. The maximum atomic E-state index is 5.81. The van der Waals surface area contributed by atoms with Gasteiger partial charge in [-0.05, 0) is 22.0 Å². The van der Waals surface area contributed by atoms with Crippen LogP contribution in [0.5, 0.6) is 11.5 Å². The fourth-order valence-electron chi connectivity index (χ4n) is 1.02. The van der Waals surface area contributed by atoms with Crippen LogP contribution in [0, 0.1) is 0 Å². The fourth-order valence-corrected chi connectivity index (χ4v) is 1.87. The summed E-state index contributed by atoms with van der Waals surface area (Å²) in [6.07, 6.45) is 0. The molecule has 0 bridgehead atoms. The third-order valence-corrected chi connectivity index (χ3v) is 2.49. The third-order valence-electron chi connectivity index (χ3n) is 1.59. The molecule has 1 aromatic carbocycles. The maximum absolute atomic E-state index is 5.81. The van der Waals surface area contributed by atoms with Crippen LogP contribution in [0.25, 0.3) is 0 Å². The van der Waals surface area contributed by atoms with Crippen molar-refractivity contribution in [3.05, 3.63) is 15.6 Å². The van der Waals surface area contributed by atoms with Gasteiger partial charge in [-0.1, -0.05) is 11.6 Å². The number of rotatable bonds is 0. The summed E-state index contributed by atoms with van der Waals surface area (Å²) in [5, 5.41) is 0.464. The lowest BCUT2D eigenvalue weighted by Gasteiger charge is -2.03. The number of hydrogen-bond acceptors (Lipinski definition) is 3. The van der Waals surface area contributed by atoms with E-state index in [4.69, 9.17) is 26.8 Å². The van der Waals surface area contributed by atoms with E-state index in [0.29, 0.717) is 22.2 Å². The lowest BCUT2D eigenvalue weighted by Crippen LogP contribution is -1.94. The summed E-state index contributed by atoms with van der Waals surface area (Å²) in [5.74, 6) is 1.14. The second-order valence-electron chi connectivity index (χ2n) is 2.32. The Bertz CT molecular complexity index is 343. The van der Waals surface area contributed by atoms with E-state index < -0.39 is 0 Å². The smallest absolute Gasteiger partial charge is 0.231 e. The van der Waals surface area contributed by atoms with E-state index in [1.165, 1.54) is 0 Å². The van der Waals surface area contributed by atoms with Gasteiger partial charge in [0.25, 0.3) is 0 Å². The molecule has 0 unspecified atom stereocenters. The van der Waals surface area contributed by atoms with Crippen LogP contribution in [-0.4, -0.2) is 6.79 Å². The molecule has 1 heterocycles. The van der Waals surface area contributed by atoms with Gasteiger partial charge in [-0.15, -0.1) is 0 Å². The Kier molecular flexibility index (Phi) is 1.81. The van der Waals surface area contributed by atoms with Crippen molar-refractivity contribution < 1.29 is 9.47 Å². The van der Waals surface area contributed by atoms with Crippen molar-refractivity contribution in [2.24, 2.45) is 0 Å². The molecule has 12 heavy (non-hydrogen) atoms. The van der Waals surface area contributed by atoms with Crippen LogP contribution in [0.3, 0.4) is 0 Å². The lowest BCUT2D eigenvalue weighted by atomic mass is 10.3. The number of hydrogen-bond donors (Lipinski definition) is 1. The van der Waals surface area contributed by atoms with Crippen molar-refractivity contribution in [2.75, 3.05) is 12.5 Å². The molecule has 0 fully saturated rings. The van der Waals surface area contributed by atoms with Gasteiger partial charge in [0.15, 0.2) is 11.5 Å². The predicted octanol–water partition coefficient (Wildman–Crippen LogP) is 2.41. The van der Waals surface area contributed by atoms with E-state index in [-0.39, 0.29) is 6.79 Å². The van der Waals surface area contributed by atoms with Crippen molar-refractivity contribution in [2.45, 2.75) is 0 Å². The summed E-state index contributed by atoms with van der Waals surface area (Å²) in [4.78, 5) is 0. The highest BCUT2D eigenvalue weighted by Crippen LogP contribution is 2.46. The van der Waals surface area contributed by atoms with Crippen LogP contribution >= 0.6 is 27.5 Å². The van der Waals surface area contributed by atoms with Gasteiger partial charge in [0.1, 0.15) is 0 Å². The summed E-state index contributed by atoms with van der Waals surface area (Å²) in [6, 6.07) is 1.68. The van der Waals surface area contributed by atoms with Gasteiger partial charge in [-0.3, -0.25) is 0 Å². The van der Waals surface area contributed by atoms with Gasteiger partial charge in [0.2, 0.25) is 6.79 Å². The van der Waals surface area contributed by atoms with Crippen LogP contribution < -0.4 is 15.2 Å². The van der Waals surface area contributed by atoms with Crippen molar-refractivity contribution in [1.29, 1.82) is 0 Å². The van der Waals surface area contributed by atoms with E-state index >= 15 is 0 Å². The van der Waals surface area contributed by atoms with E-state index in [1.807, 2.05) is 0 Å². The molecular weight excluding hydrogens is 245 g/mol. The Hall–Kier alpha value is -0.610. The normalized spacial score (nSPS) is 13.5. The highest BCUT2D eigenvalue weighted by molar-refractivity contribution is 9.10.